The van der Waals surface area contributed by atoms with Crippen LogP contribution in [0.3, 0.4) is 0 Å². The average molecular weight is 256 g/mol. The minimum Gasteiger partial charge on any atom is -0.478 e. The van der Waals surface area contributed by atoms with Gasteiger partial charge < -0.3 is 5.11 Å². The van der Waals surface area contributed by atoms with Gasteiger partial charge in [-0.1, -0.05) is 55.5 Å². The Morgan fingerprint density at radius 1 is 0.842 bits per heavy atom. The topological polar surface area (TPSA) is 54.4 Å². The minimum absolute atomic E-state index is 0.209. The summed E-state index contributed by atoms with van der Waals surface area (Å²) in [4.78, 5) is 21.2. The molecule has 0 saturated heterocycles. The standard InChI is InChI=1S/C9H10O.C7H6O2/c1-2-9(10)8-6-4-3-5-7-8;8-7(9)6-4-2-1-3-5-6/h3-7H,2H2,1H3;1-5H,(H,8,9). The summed E-state index contributed by atoms with van der Waals surface area (Å²) >= 11 is 0. The lowest BCUT2D eigenvalue weighted by molar-refractivity contribution is 0.0696. The van der Waals surface area contributed by atoms with E-state index in [1.807, 2.05) is 37.3 Å². The van der Waals surface area contributed by atoms with Crippen molar-refractivity contribution in [1.82, 2.24) is 0 Å². The summed E-state index contributed by atoms with van der Waals surface area (Å²) in [6.07, 6.45) is 0.587. The predicted octanol–water partition coefficient (Wildman–Crippen LogP) is 3.66. The van der Waals surface area contributed by atoms with Gasteiger partial charge in [-0.2, -0.15) is 0 Å². The summed E-state index contributed by atoms with van der Waals surface area (Å²) in [7, 11) is 0. The quantitative estimate of drug-likeness (QED) is 0.852. The van der Waals surface area contributed by atoms with Crippen LogP contribution in [-0.2, 0) is 0 Å². The molecule has 0 bridgehead atoms. The fourth-order valence-corrected chi connectivity index (χ4v) is 1.41. The third kappa shape index (κ3) is 5.17. The predicted molar refractivity (Wildman–Crippen MR) is 74.5 cm³/mol. The van der Waals surface area contributed by atoms with Crippen LogP contribution in [0.5, 0.6) is 0 Å². The lowest BCUT2D eigenvalue weighted by atomic mass is 10.1. The lowest BCUT2D eigenvalue weighted by Crippen LogP contribution is -1.94. The number of Topliss-reactive ketones (excluding diaryl/α,β-unsaturated/α-hetero) is 1. The summed E-state index contributed by atoms with van der Waals surface area (Å²) in [6, 6.07) is 17.6. The third-order valence-corrected chi connectivity index (χ3v) is 2.44. The van der Waals surface area contributed by atoms with Gasteiger partial charge in [0.2, 0.25) is 0 Å². The largest absolute Gasteiger partial charge is 0.478 e. The van der Waals surface area contributed by atoms with Crippen molar-refractivity contribution in [3.63, 3.8) is 0 Å². The first-order valence-corrected chi connectivity index (χ1v) is 6.01. The lowest BCUT2D eigenvalue weighted by Gasteiger charge is -1.93. The monoisotopic (exact) mass is 256 g/mol. The van der Waals surface area contributed by atoms with Crippen LogP contribution in [0.2, 0.25) is 0 Å². The van der Waals surface area contributed by atoms with Crippen LogP contribution in [0.1, 0.15) is 34.1 Å². The Morgan fingerprint density at radius 2 is 1.26 bits per heavy atom. The van der Waals surface area contributed by atoms with E-state index in [9.17, 15) is 9.59 Å². The number of carbonyl (C=O) groups is 2. The maximum Gasteiger partial charge on any atom is 0.335 e. The molecule has 1 N–H and O–H groups in total. The van der Waals surface area contributed by atoms with Gasteiger partial charge in [0.15, 0.2) is 5.78 Å². The van der Waals surface area contributed by atoms with Crippen molar-refractivity contribution in [2.75, 3.05) is 0 Å². The summed E-state index contributed by atoms with van der Waals surface area (Å²) in [5.74, 6) is -0.670. The van der Waals surface area contributed by atoms with E-state index in [4.69, 9.17) is 5.11 Å². The molecule has 0 fully saturated rings. The second-order valence-corrected chi connectivity index (χ2v) is 3.81. The Kier molecular flexibility index (Phi) is 6.03. The van der Waals surface area contributed by atoms with E-state index in [1.54, 1.807) is 30.3 Å². The Morgan fingerprint density at radius 3 is 1.58 bits per heavy atom. The Hall–Kier alpha value is -2.42. The van der Waals surface area contributed by atoms with Gasteiger partial charge in [-0.05, 0) is 12.1 Å². The second-order valence-electron chi connectivity index (χ2n) is 3.81. The van der Waals surface area contributed by atoms with Crippen molar-refractivity contribution in [2.45, 2.75) is 13.3 Å². The smallest absolute Gasteiger partial charge is 0.335 e. The molecular formula is C16H16O3. The summed E-state index contributed by atoms with van der Waals surface area (Å²) in [5, 5.41) is 8.38. The summed E-state index contributed by atoms with van der Waals surface area (Å²) in [5.41, 5.74) is 1.14. The number of ketones is 1. The number of benzene rings is 2. The van der Waals surface area contributed by atoms with Gasteiger partial charge in [-0.15, -0.1) is 0 Å². The molecule has 0 heterocycles. The molecule has 0 aromatic heterocycles. The maximum atomic E-state index is 11.0. The maximum absolute atomic E-state index is 11.0. The normalized spacial score (nSPS) is 9.11. The number of rotatable bonds is 3. The fraction of sp³-hybridized carbons (Fsp3) is 0.125. The van der Waals surface area contributed by atoms with Crippen LogP contribution in [0, 0.1) is 0 Å². The van der Waals surface area contributed by atoms with E-state index >= 15 is 0 Å². The highest BCUT2D eigenvalue weighted by Crippen LogP contribution is 2.01. The van der Waals surface area contributed by atoms with Gasteiger partial charge in [0.25, 0.3) is 0 Å². The number of carbonyl (C=O) groups excluding carboxylic acids is 1. The van der Waals surface area contributed by atoms with E-state index < -0.39 is 5.97 Å². The second kappa shape index (κ2) is 7.82. The first-order chi connectivity index (χ1) is 9.15. The molecule has 3 nitrogen and oxygen atoms in total. The molecule has 0 unspecified atom stereocenters. The van der Waals surface area contributed by atoms with Gasteiger partial charge in [-0.3, -0.25) is 4.79 Å². The zero-order valence-electron chi connectivity index (χ0n) is 10.7. The van der Waals surface area contributed by atoms with E-state index in [-0.39, 0.29) is 5.78 Å². The number of carboxylic acid groups (broad SMARTS) is 1. The Labute approximate surface area is 112 Å². The van der Waals surface area contributed by atoms with E-state index in [0.29, 0.717) is 12.0 Å². The number of hydrogen-bond acceptors (Lipinski definition) is 2. The molecule has 2 aromatic carbocycles. The van der Waals surface area contributed by atoms with Crippen LogP contribution < -0.4 is 0 Å². The molecule has 0 radical (unpaired) electrons. The zero-order chi connectivity index (χ0) is 14.1. The average Bonchev–Trinajstić information content (AvgIpc) is 2.49. The van der Waals surface area contributed by atoms with Gasteiger partial charge >= 0.3 is 5.97 Å². The third-order valence-electron chi connectivity index (χ3n) is 2.44. The summed E-state index contributed by atoms with van der Waals surface area (Å²) < 4.78 is 0. The molecule has 0 atom stereocenters. The van der Waals surface area contributed by atoms with Crippen LogP contribution in [-0.4, -0.2) is 16.9 Å². The number of aromatic carboxylic acids is 1. The fourth-order valence-electron chi connectivity index (χ4n) is 1.41. The molecule has 19 heavy (non-hydrogen) atoms. The minimum atomic E-state index is -0.879. The molecule has 98 valence electrons. The Balaban J connectivity index is 0.000000191. The molecule has 0 saturated carbocycles. The molecule has 2 aromatic rings. The van der Waals surface area contributed by atoms with E-state index in [2.05, 4.69) is 0 Å². The van der Waals surface area contributed by atoms with Crippen LogP contribution in [0.25, 0.3) is 0 Å². The molecule has 0 amide bonds. The first kappa shape index (κ1) is 14.6. The highest BCUT2D eigenvalue weighted by Gasteiger charge is 1.98. The van der Waals surface area contributed by atoms with Gasteiger partial charge in [0, 0.05) is 12.0 Å². The highest BCUT2D eigenvalue weighted by atomic mass is 16.4. The molecule has 0 spiro atoms. The summed E-state index contributed by atoms with van der Waals surface area (Å²) in [6.45, 7) is 1.87. The first-order valence-electron chi connectivity index (χ1n) is 6.01. The van der Waals surface area contributed by atoms with Crippen LogP contribution in [0.4, 0.5) is 0 Å². The van der Waals surface area contributed by atoms with Crippen molar-refractivity contribution in [3.05, 3.63) is 71.8 Å². The van der Waals surface area contributed by atoms with Crippen molar-refractivity contribution >= 4 is 11.8 Å². The zero-order valence-corrected chi connectivity index (χ0v) is 10.7. The highest BCUT2D eigenvalue weighted by molar-refractivity contribution is 5.95. The molecule has 0 aliphatic rings. The Bertz CT molecular complexity index is 518. The molecular weight excluding hydrogens is 240 g/mol. The van der Waals surface area contributed by atoms with Gasteiger partial charge in [-0.25, -0.2) is 4.79 Å². The van der Waals surface area contributed by atoms with Crippen molar-refractivity contribution < 1.29 is 14.7 Å². The van der Waals surface area contributed by atoms with Crippen molar-refractivity contribution in [2.24, 2.45) is 0 Å². The number of hydrogen-bond donors (Lipinski definition) is 1. The van der Waals surface area contributed by atoms with Gasteiger partial charge in [0.05, 0.1) is 5.56 Å². The number of carboxylic acids is 1. The van der Waals surface area contributed by atoms with Gasteiger partial charge in [0.1, 0.15) is 0 Å². The van der Waals surface area contributed by atoms with E-state index in [1.165, 1.54) is 0 Å². The molecule has 2 rings (SSSR count). The van der Waals surface area contributed by atoms with E-state index in [0.717, 1.165) is 5.56 Å². The van der Waals surface area contributed by atoms with Crippen LogP contribution >= 0.6 is 0 Å². The molecule has 3 heteroatoms. The van der Waals surface area contributed by atoms with Crippen LogP contribution in [0.15, 0.2) is 60.7 Å². The SMILES string of the molecule is CCC(=O)c1ccccc1.O=C(O)c1ccccc1. The molecule has 0 aliphatic carbocycles. The van der Waals surface area contributed by atoms with Crippen molar-refractivity contribution in [1.29, 1.82) is 0 Å². The van der Waals surface area contributed by atoms with Crippen molar-refractivity contribution in [3.8, 4) is 0 Å². The molecule has 0 aliphatic heterocycles.